The van der Waals surface area contributed by atoms with Crippen LogP contribution in [0.1, 0.15) is 32.1 Å². The Morgan fingerprint density at radius 2 is 2.25 bits per heavy atom. The van der Waals surface area contributed by atoms with E-state index in [-0.39, 0.29) is 0 Å². The molecular weight excluding hydrogens is 96.1 g/mol. The van der Waals surface area contributed by atoms with Crippen molar-refractivity contribution in [2.75, 3.05) is 0 Å². The highest BCUT2D eigenvalue weighted by molar-refractivity contribution is 4.74. The molecule has 0 atom stereocenters. The second-order valence-corrected chi connectivity index (χ2v) is 2.61. The van der Waals surface area contributed by atoms with Gasteiger partial charge in [-0.2, -0.15) is 0 Å². The van der Waals surface area contributed by atoms with Crippen LogP contribution in [0.25, 0.3) is 0 Å². The van der Waals surface area contributed by atoms with Crippen LogP contribution in [0.15, 0.2) is 6.08 Å². The Kier molecular flexibility index (Phi) is 2.13. The fourth-order valence-electron chi connectivity index (χ4n) is 0.931. The van der Waals surface area contributed by atoms with Gasteiger partial charge in [-0.05, 0) is 18.8 Å². The standard InChI is InChI=1S/C8H13/c1-2-3-4-5-8-6-7-8/h1-2,8H,3-7H2. The lowest BCUT2D eigenvalue weighted by Crippen LogP contribution is -1.74. The first kappa shape index (κ1) is 5.87. The Morgan fingerprint density at radius 1 is 1.50 bits per heavy atom. The average Bonchev–Trinajstić information content (AvgIpc) is 2.51. The molecule has 8 heavy (non-hydrogen) atoms. The fraction of sp³-hybridized carbons (Fsp3) is 0.750. The molecule has 1 saturated carbocycles. The minimum absolute atomic E-state index is 1.08. The van der Waals surface area contributed by atoms with Crippen molar-refractivity contribution in [3.63, 3.8) is 0 Å². The first-order chi connectivity index (χ1) is 3.93. The summed E-state index contributed by atoms with van der Waals surface area (Å²) in [6.07, 6.45) is 8.54. The normalized spacial score (nSPS) is 18.5. The molecule has 1 fully saturated rings. The van der Waals surface area contributed by atoms with Crippen LogP contribution in [0, 0.1) is 12.5 Å². The summed E-state index contributed by atoms with van der Waals surface area (Å²) in [5, 5.41) is 0. The molecule has 0 spiro atoms. The molecule has 0 heteroatoms. The summed E-state index contributed by atoms with van der Waals surface area (Å²) < 4.78 is 0. The van der Waals surface area contributed by atoms with Crippen LogP contribution in [0.4, 0.5) is 0 Å². The van der Waals surface area contributed by atoms with E-state index in [1.54, 1.807) is 6.08 Å². The van der Waals surface area contributed by atoms with Crippen molar-refractivity contribution in [2.24, 2.45) is 5.92 Å². The zero-order valence-electron chi connectivity index (χ0n) is 5.27. The number of rotatable bonds is 4. The Balaban J connectivity index is 1.80. The number of hydrogen-bond acceptors (Lipinski definition) is 0. The van der Waals surface area contributed by atoms with E-state index in [0.717, 1.165) is 12.3 Å². The van der Waals surface area contributed by atoms with Gasteiger partial charge in [-0.3, -0.25) is 0 Å². The van der Waals surface area contributed by atoms with Gasteiger partial charge in [0.2, 0.25) is 0 Å². The van der Waals surface area contributed by atoms with E-state index in [1.807, 2.05) is 0 Å². The van der Waals surface area contributed by atoms with Crippen LogP contribution < -0.4 is 0 Å². The van der Waals surface area contributed by atoms with Gasteiger partial charge in [0.15, 0.2) is 0 Å². The quantitative estimate of drug-likeness (QED) is 0.487. The van der Waals surface area contributed by atoms with Crippen LogP contribution in [0.5, 0.6) is 0 Å². The molecule has 0 nitrogen and oxygen atoms in total. The second kappa shape index (κ2) is 2.91. The van der Waals surface area contributed by atoms with Crippen molar-refractivity contribution in [2.45, 2.75) is 32.1 Å². The summed E-state index contributed by atoms with van der Waals surface area (Å²) in [5.41, 5.74) is 0. The molecule has 0 amide bonds. The molecule has 0 unspecified atom stereocenters. The third-order valence-corrected chi connectivity index (χ3v) is 1.68. The maximum absolute atomic E-state index is 5.21. The van der Waals surface area contributed by atoms with E-state index in [9.17, 15) is 0 Å². The Labute approximate surface area is 51.6 Å². The van der Waals surface area contributed by atoms with Gasteiger partial charge >= 0.3 is 0 Å². The average molecular weight is 109 g/mol. The topological polar surface area (TPSA) is 0 Å². The van der Waals surface area contributed by atoms with Gasteiger partial charge in [-0.15, -0.1) is 0 Å². The van der Waals surface area contributed by atoms with Crippen molar-refractivity contribution in [3.8, 4) is 0 Å². The first-order valence-electron chi connectivity index (χ1n) is 3.47. The fourth-order valence-corrected chi connectivity index (χ4v) is 0.931. The van der Waals surface area contributed by atoms with E-state index >= 15 is 0 Å². The molecule has 0 aromatic rings. The Morgan fingerprint density at radius 3 is 2.75 bits per heavy atom. The van der Waals surface area contributed by atoms with Crippen molar-refractivity contribution < 1.29 is 0 Å². The summed E-state index contributed by atoms with van der Waals surface area (Å²) in [6.45, 7) is 5.21. The van der Waals surface area contributed by atoms with Crippen LogP contribution in [0.2, 0.25) is 0 Å². The number of unbranched alkanes of at least 4 members (excludes halogenated alkanes) is 1. The molecule has 0 aromatic carbocycles. The van der Waals surface area contributed by atoms with E-state index < -0.39 is 0 Å². The lowest BCUT2D eigenvalue weighted by molar-refractivity contribution is 0.675. The summed E-state index contributed by atoms with van der Waals surface area (Å²) in [5.74, 6) is 1.08. The first-order valence-corrected chi connectivity index (χ1v) is 3.47. The van der Waals surface area contributed by atoms with E-state index in [2.05, 4.69) is 0 Å². The molecule has 0 aliphatic heterocycles. The van der Waals surface area contributed by atoms with Gasteiger partial charge in [0.1, 0.15) is 0 Å². The summed E-state index contributed by atoms with van der Waals surface area (Å²) in [7, 11) is 0. The molecule has 1 aliphatic rings. The minimum atomic E-state index is 1.08. The van der Waals surface area contributed by atoms with Crippen LogP contribution in [-0.4, -0.2) is 0 Å². The highest BCUT2D eigenvalue weighted by Crippen LogP contribution is 2.33. The summed E-state index contributed by atoms with van der Waals surface area (Å²) >= 11 is 0. The van der Waals surface area contributed by atoms with E-state index in [4.69, 9.17) is 6.58 Å². The monoisotopic (exact) mass is 109 g/mol. The van der Waals surface area contributed by atoms with Crippen LogP contribution >= 0.6 is 0 Å². The lowest BCUT2D eigenvalue weighted by Gasteiger charge is -1.90. The van der Waals surface area contributed by atoms with E-state index in [0.29, 0.717) is 0 Å². The second-order valence-electron chi connectivity index (χ2n) is 2.61. The van der Waals surface area contributed by atoms with Gasteiger partial charge in [0.05, 0.1) is 0 Å². The maximum Gasteiger partial charge on any atom is -0.0348 e. The van der Waals surface area contributed by atoms with Crippen molar-refractivity contribution >= 4 is 0 Å². The largest absolute Gasteiger partial charge is 0.0845 e. The van der Waals surface area contributed by atoms with Gasteiger partial charge < -0.3 is 0 Å². The number of allylic oxidation sites excluding steroid dienone is 1. The molecule has 1 rings (SSSR count). The molecule has 0 heterocycles. The van der Waals surface area contributed by atoms with Crippen molar-refractivity contribution in [3.05, 3.63) is 12.7 Å². The van der Waals surface area contributed by atoms with Gasteiger partial charge in [0, 0.05) is 0 Å². The van der Waals surface area contributed by atoms with E-state index in [1.165, 1.54) is 25.7 Å². The molecule has 0 saturated heterocycles. The Bertz CT molecular complexity index is 70.1. The van der Waals surface area contributed by atoms with Crippen molar-refractivity contribution in [1.82, 2.24) is 0 Å². The Hall–Kier alpha value is -0.260. The maximum atomic E-state index is 5.21. The lowest BCUT2D eigenvalue weighted by atomic mass is 10.2. The summed E-state index contributed by atoms with van der Waals surface area (Å²) in [4.78, 5) is 0. The third kappa shape index (κ3) is 2.15. The predicted molar refractivity (Wildman–Crippen MR) is 35.4 cm³/mol. The molecular formula is C8H13. The van der Waals surface area contributed by atoms with Crippen LogP contribution in [-0.2, 0) is 0 Å². The molecule has 1 radical (unpaired) electrons. The smallest absolute Gasteiger partial charge is 0.0348 e. The van der Waals surface area contributed by atoms with Gasteiger partial charge in [-0.1, -0.05) is 31.9 Å². The minimum Gasteiger partial charge on any atom is -0.0845 e. The molecule has 45 valence electrons. The SMILES string of the molecule is [CH]=CCCCC1CC1. The van der Waals surface area contributed by atoms with Crippen molar-refractivity contribution in [1.29, 1.82) is 0 Å². The van der Waals surface area contributed by atoms with Gasteiger partial charge in [0.25, 0.3) is 0 Å². The molecule has 0 aromatic heterocycles. The molecule has 0 N–H and O–H groups in total. The molecule has 0 bridgehead atoms. The number of hydrogen-bond donors (Lipinski definition) is 0. The predicted octanol–water partition coefficient (Wildman–Crippen LogP) is 2.56. The third-order valence-electron chi connectivity index (χ3n) is 1.68. The summed E-state index contributed by atoms with van der Waals surface area (Å²) in [6, 6.07) is 0. The zero-order valence-corrected chi connectivity index (χ0v) is 5.27. The highest BCUT2D eigenvalue weighted by Gasteiger charge is 2.19. The highest BCUT2D eigenvalue weighted by atomic mass is 14.2. The van der Waals surface area contributed by atoms with Crippen LogP contribution in [0.3, 0.4) is 0 Å². The van der Waals surface area contributed by atoms with Gasteiger partial charge in [-0.25, -0.2) is 0 Å². The molecule has 1 aliphatic carbocycles. The zero-order chi connectivity index (χ0) is 5.82.